The summed E-state index contributed by atoms with van der Waals surface area (Å²) in [6, 6.07) is 9.13. The minimum Gasteiger partial charge on any atom is -0.483 e. The largest absolute Gasteiger partial charge is 0.483 e. The van der Waals surface area contributed by atoms with Crippen molar-refractivity contribution in [3.8, 4) is 5.75 Å². The summed E-state index contributed by atoms with van der Waals surface area (Å²) in [5.74, 6) is -0.800. The number of hydrogen-bond acceptors (Lipinski definition) is 6. The third-order valence-electron chi connectivity index (χ3n) is 4.23. The van der Waals surface area contributed by atoms with Crippen LogP contribution in [-0.4, -0.2) is 48.1 Å². The van der Waals surface area contributed by atoms with Crippen molar-refractivity contribution in [1.29, 1.82) is 0 Å². The van der Waals surface area contributed by atoms with Crippen LogP contribution < -0.4 is 10.1 Å². The molecule has 0 saturated carbocycles. The van der Waals surface area contributed by atoms with Gasteiger partial charge in [0.15, 0.2) is 12.9 Å². The van der Waals surface area contributed by atoms with Crippen LogP contribution in [0.1, 0.15) is 21.5 Å². The van der Waals surface area contributed by atoms with Crippen molar-refractivity contribution in [2.75, 3.05) is 25.5 Å². The summed E-state index contributed by atoms with van der Waals surface area (Å²) in [5, 5.41) is 13.6. The number of amides is 2. The number of benzene rings is 2. The average Bonchev–Trinajstić information content (AvgIpc) is 2.68. The van der Waals surface area contributed by atoms with Gasteiger partial charge >= 0.3 is 0 Å². The van der Waals surface area contributed by atoms with Gasteiger partial charge in [-0.05, 0) is 31.0 Å². The zero-order valence-corrected chi connectivity index (χ0v) is 16.3. The van der Waals surface area contributed by atoms with Gasteiger partial charge in [0.05, 0.1) is 17.0 Å². The van der Waals surface area contributed by atoms with Crippen molar-refractivity contribution in [2.45, 2.75) is 13.8 Å². The number of likely N-dealkylation sites (N-methyl/N-ethyl adjacent to an activating group) is 1. The van der Waals surface area contributed by atoms with Crippen molar-refractivity contribution in [3.05, 3.63) is 63.2 Å². The first-order chi connectivity index (χ1) is 13.7. The maximum atomic E-state index is 12.3. The minimum atomic E-state index is -0.634. The third-order valence-corrected chi connectivity index (χ3v) is 4.23. The van der Waals surface area contributed by atoms with Crippen LogP contribution in [0, 0.1) is 24.0 Å². The molecule has 0 unspecified atom stereocenters. The van der Waals surface area contributed by atoms with Crippen molar-refractivity contribution in [2.24, 2.45) is 0 Å². The Hall–Kier alpha value is -3.75. The number of non-ortho nitro benzene ring substituents is 1. The van der Waals surface area contributed by atoms with Crippen molar-refractivity contribution >= 4 is 29.5 Å². The highest BCUT2D eigenvalue weighted by Gasteiger charge is 2.17. The molecular formula is C20H21N3O6. The van der Waals surface area contributed by atoms with E-state index in [0.29, 0.717) is 12.0 Å². The molecule has 0 aliphatic heterocycles. The van der Waals surface area contributed by atoms with Crippen LogP contribution in [0.25, 0.3) is 0 Å². The summed E-state index contributed by atoms with van der Waals surface area (Å²) in [4.78, 5) is 46.9. The first kappa shape index (κ1) is 21.5. The second-order valence-electron chi connectivity index (χ2n) is 6.45. The number of hydrogen-bond donors (Lipinski definition) is 1. The van der Waals surface area contributed by atoms with E-state index in [1.165, 1.54) is 24.1 Å². The summed E-state index contributed by atoms with van der Waals surface area (Å²) < 4.78 is 5.31. The fourth-order valence-electron chi connectivity index (χ4n) is 2.62. The lowest BCUT2D eigenvalue weighted by atomic mass is 10.1. The third kappa shape index (κ3) is 5.61. The van der Waals surface area contributed by atoms with Crippen molar-refractivity contribution < 1.29 is 24.0 Å². The van der Waals surface area contributed by atoms with E-state index < -0.39 is 17.4 Å². The number of ether oxygens (including phenoxy) is 1. The lowest BCUT2D eigenvalue weighted by Gasteiger charge is -2.18. The molecule has 0 heterocycles. The van der Waals surface area contributed by atoms with Gasteiger partial charge in [0.1, 0.15) is 5.75 Å². The quantitative estimate of drug-likeness (QED) is 0.414. The number of nitrogens with one attached hydrogen (secondary N) is 1. The number of rotatable bonds is 8. The first-order valence-electron chi connectivity index (χ1n) is 8.69. The zero-order valence-electron chi connectivity index (χ0n) is 16.3. The number of carbonyl (C=O) groups excluding carboxylic acids is 3. The molecule has 2 aromatic rings. The molecular weight excluding hydrogens is 378 g/mol. The number of aryl methyl sites for hydroxylation is 2. The molecule has 0 fully saturated rings. The molecule has 9 heteroatoms. The monoisotopic (exact) mass is 399 g/mol. The summed E-state index contributed by atoms with van der Waals surface area (Å²) >= 11 is 0. The van der Waals surface area contributed by atoms with E-state index in [1.807, 2.05) is 32.0 Å². The Balaban J connectivity index is 1.95. The molecule has 152 valence electrons. The van der Waals surface area contributed by atoms with Gasteiger partial charge in [-0.2, -0.15) is 0 Å². The smallest absolute Gasteiger partial charge is 0.270 e. The van der Waals surface area contributed by atoms with Crippen LogP contribution in [0.2, 0.25) is 0 Å². The highest BCUT2D eigenvalue weighted by molar-refractivity contribution is 5.95. The molecule has 9 nitrogen and oxygen atoms in total. The fraction of sp³-hybridized carbons (Fsp3) is 0.250. The Labute approximate surface area is 167 Å². The van der Waals surface area contributed by atoms with E-state index in [-0.39, 0.29) is 29.5 Å². The Morgan fingerprint density at radius 3 is 2.45 bits per heavy atom. The Kier molecular flexibility index (Phi) is 7.02. The molecule has 0 saturated heterocycles. The number of nitro benzene ring substituents is 1. The van der Waals surface area contributed by atoms with Gasteiger partial charge in [-0.15, -0.1) is 0 Å². The maximum Gasteiger partial charge on any atom is 0.270 e. The second-order valence-corrected chi connectivity index (χ2v) is 6.45. The van der Waals surface area contributed by atoms with Crippen LogP contribution in [0.15, 0.2) is 36.4 Å². The maximum absolute atomic E-state index is 12.3. The van der Waals surface area contributed by atoms with E-state index >= 15 is 0 Å². The van der Waals surface area contributed by atoms with Crippen molar-refractivity contribution in [1.82, 2.24) is 4.90 Å². The number of nitro groups is 1. The number of carbonyl (C=O) groups is 3. The van der Waals surface area contributed by atoms with Gasteiger partial charge in [-0.25, -0.2) is 0 Å². The number of anilines is 1. The predicted octanol–water partition coefficient (Wildman–Crippen LogP) is 2.50. The second kappa shape index (κ2) is 9.45. The predicted molar refractivity (Wildman–Crippen MR) is 106 cm³/mol. The topological polar surface area (TPSA) is 119 Å². The van der Waals surface area contributed by atoms with Crippen LogP contribution >= 0.6 is 0 Å². The van der Waals surface area contributed by atoms with Crippen LogP contribution in [0.5, 0.6) is 5.75 Å². The minimum absolute atomic E-state index is 0.0394. The SMILES string of the molecule is Cc1cccc(C)c1NC(=O)CN(C)C(=O)COc1ccc([N+](=O)[O-])cc1C=O. The number of aldehydes is 1. The van der Waals surface area contributed by atoms with E-state index in [0.717, 1.165) is 17.2 Å². The summed E-state index contributed by atoms with van der Waals surface area (Å²) in [6.45, 7) is 3.14. The van der Waals surface area contributed by atoms with E-state index in [2.05, 4.69) is 5.32 Å². The molecule has 1 N–H and O–H groups in total. The zero-order chi connectivity index (χ0) is 21.6. The molecule has 0 atom stereocenters. The molecule has 29 heavy (non-hydrogen) atoms. The van der Waals surface area contributed by atoms with Gasteiger partial charge < -0.3 is 15.0 Å². The lowest BCUT2D eigenvalue weighted by Crippen LogP contribution is -2.37. The molecule has 0 aliphatic rings. The molecule has 0 bridgehead atoms. The molecule has 2 amide bonds. The van der Waals surface area contributed by atoms with Gasteiger partial charge in [0.2, 0.25) is 5.91 Å². The summed E-state index contributed by atoms with van der Waals surface area (Å²) in [6.07, 6.45) is 0.411. The highest BCUT2D eigenvalue weighted by Crippen LogP contribution is 2.23. The van der Waals surface area contributed by atoms with E-state index in [4.69, 9.17) is 4.74 Å². The highest BCUT2D eigenvalue weighted by atomic mass is 16.6. The van der Waals surface area contributed by atoms with Crippen LogP contribution in [0.4, 0.5) is 11.4 Å². The lowest BCUT2D eigenvalue weighted by molar-refractivity contribution is -0.384. The first-order valence-corrected chi connectivity index (χ1v) is 8.69. The molecule has 0 spiro atoms. The van der Waals surface area contributed by atoms with E-state index in [1.54, 1.807) is 0 Å². The van der Waals surface area contributed by atoms with E-state index in [9.17, 15) is 24.5 Å². The Bertz CT molecular complexity index is 937. The molecule has 0 radical (unpaired) electrons. The Morgan fingerprint density at radius 1 is 1.21 bits per heavy atom. The Morgan fingerprint density at radius 2 is 1.86 bits per heavy atom. The number of para-hydroxylation sites is 1. The van der Waals surface area contributed by atoms with Crippen molar-refractivity contribution in [3.63, 3.8) is 0 Å². The van der Waals surface area contributed by atoms with Gasteiger partial charge in [0, 0.05) is 24.9 Å². The normalized spacial score (nSPS) is 10.2. The standard InChI is InChI=1S/C20H21N3O6/c1-13-5-4-6-14(2)20(13)21-18(25)10-22(3)19(26)12-29-17-8-7-16(23(27)28)9-15(17)11-24/h4-9,11H,10,12H2,1-3H3,(H,21,25). The average molecular weight is 399 g/mol. The summed E-state index contributed by atoms with van der Waals surface area (Å²) in [7, 11) is 1.45. The molecule has 0 aliphatic carbocycles. The summed E-state index contributed by atoms with van der Waals surface area (Å²) in [5.41, 5.74) is 2.23. The van der Waals surface area contributed by atoms with Crippen LogP contribution in [-0.2, 0) is 9.59 Å². The van der Waals surface area contributed by atoms with Crippen LogP contribution in [0.3, 0.4) is 0 Å². The number of nitrogens with zero attached hydrogens (tertiary/aromatic N) is 2. The molecule has 0 aromatic heterocycles. The van der Waals surface area contributed by atoms with Gasteiger partial charge in [-0.1, -0.05) is 18.2 Å². The molecule has 2 rings (SSSR count). The molecule has 2 aromatic carbocycles. The van der Waals surface area contributed by atoms with Gasteiger partial charge in [0.25, 0.3) is 11.6 Å². The van der Waals surface area contributed by atoms with Gasteiger partial charge in [-0.3, -0.25) is 24.5 Å². The fourth-order valence-corrected chi connectivity index (χ4v) is 2.62.